The van der Waals surface area contributed by atoms with Crippen LogP contribution in [0.1, 0.15) is 36.7 Å². The second-order valence-corrected chi connectivity index (χ2v) is 8.04. The molecule has 0 spiro atoms. The van der Waals surface area contributed by atoms with E-state index in [1.54, 1.807) is 30.3 Å². The van der Waals surface area contributed by atoms with Crippen LogP contribution in [0.15, 0.2) is 40.4 Å². The molecule has 1 aromatic carbocycles. The van der Waals surface area contributed by atoms with Gasteiger partial charge in [-0.2, -0.15) is 10.2 Å². The van der Waals surface area contributed by atoms with Crippen molar-refractivity contribution < 1.29 is 14.1 Å². The van der Waals surface area contributed by atoms with Crippen molar-refractivity contribution in [2.24, 2.45) is 5.92 Å². The van der Waals surface area contributed by atoms with Crippen molar-refractivity contribution in [1.82, 2.24) is 14.7 Å². The van der Waals surface area contributed by atoms with E-state index in [1.165, 1.54) is 0 Å². The molecule has 2 aromatic heterocycles. The third-order valence-corrected chi connectivity index (χ3v) is 4.91. The summed E-state index contributed by atoms with van der Waals surface area (Å²) in [4.78, 5) is 16.6. The molecular weight excluding hydrogens is 416 g/mol. The molecule has 0 fully saturated rings. The molecule has 3 rings (SSSR count). The second-order valence-electron chi connectivity index (χ2n) is 7.60. The van der Waals surface area contributed by atoms with Gasteiger partial charge in [-0.1, -0.05) is 42.7 Å². The van der Waals surface area contributed by atoms with Crippen LogP contribution in [0.3, 0.4) is 0 Å². The zero-order chi connectivity index (χ0) is 22.5. The molecule has 7 nitrogen and oxygen atoms in total. The molecule has 0 N–H and O–H groups in total. The molecular formula is C23H23ClN4O3. The van der Waals surface area contributed by atoms with E-state index in [4.69, 9.17) is 20.9 Å². The molecule has 0 atom stereocenters. The van der Waals surface area contributed by atoms with Crippen LogP contribution in [0, 0.1) is 31.1 Å². The molecule has 0 amide bonds. The van der Waals surface area contributed by atoms with Crippen molar-refractivity contribution in [3.8, 4) is 17.5 Å². The maximum Gasteiger partial charge on any atom is 0.349 e. The molecule has 0 saturated carbocycles. The number of aryl methyl sites for hydroxylation is 1. The summed E-state index contributed by atoms with van der Waals surface area (Å²) < 4.78 is 12.5. The highest BCUT2D eigenvalue weighted by Gasteiger charge is 2.17. The van der Waals surface area contributed by atoms with Crippen LogP contribution in [-0.2, 0) is 22.7 Å². The van der Waals surface area contributed by atoms with Gasteiger partial charge in [0, 0.05) is 28.5 Å². The lowest BCUT2D eigenvalue weighted by atomic mass is 10.1. The summed E-state index contributed by atoms with van der Waals surface area (Å²) >= 11 is 5.97. The number of rotatable bonds is 7. The number of ether oxygens (including phenoxy) is 1. The van der Waals surface area contributed by atoms with E-state index >= 15 is 0 Å². The average molecular weight is 439 g/mol. The summed E-state index contributed by atoms with van der Waals surface area (Å²) in [5.41, 5.74) is 3.47. The van der Waals surface area contributed by atoms with Crippen LogP contribution in [0.4, 0.5) is 0 Å². The van der Waals surface area contributed by atoms with E-state index < -0.39 is 5.97 Å². The van der Waals surface area contributed by atoms with Gasteiger partial charge in [0.15, 0.2) is 6.61 Å². The summed E-state index contributed by atoms with van der Waals surface area (Å²) in [6.45, 7) is 8.88. The molecule has 0 aliphatic carbocycles. The standard InChI is InChI=1S/C23H23ClN4O3/c1-14(2)12-28-15(3)8-18(16(28)4)9-19(11-25)23(29)30-13-21-26-22(27-31-21)17-6-5-7-20(24)10-17/h5-10,14H,12-13H2,1-4H3/b19-9+. The maximum absolute atomic E-state index is 12.4. The number of nitriles is 1. The lowest BCUT2D eigenvalue weighted by Crippen LogP contribution is -2.08. The van der Waals surface area contributed by atoms with Gasteiger partial charge >= 0.3 is 5.97 Å². The van der Waals surface area contributed by atoms with E-state index in [2.05, 4.69) is 28.6 Å². The largest absolute Gasteiger partial charge is 0.451 e. The number of benzene rings is 1. The van der Waals surface area contributed by atoms with Crippen molar-refractivity contribution in [2.75, 3.05) is 0 Å². The topological polar surface area (TPSA) is 93.9 Å². The fraction of sp³-hybridized carbons (Fsp3) is 0.304. The Bertz CT molecular complexity index is 1170. The van der Waals surface area contributed by atoms with Gasteiger partial charge in [0.2, 0.25) is 5.82 Å². The van der Waals surface area contributed by atoms with Gasteiger partial charge in [-0.25, -0.2) is 4.79 Å². The van der Waals surface area contributed by atoms with E-state index in [-0.39, 0.29) is 18.1 Å². The molecule has 0 saturated heterocycles. The highest BCUT2D eigenvalue weighted by Crippen LogP contribution is 2.22. The first-order valence-corrected chi connectivity index (χ1v) is 10.2. The predicted octanol–water partition coefficient (Wildman–Crippen LogP) is 5.11. The molecule has 0 radical (unpaired) electrons. The lowest BCUT2D eigenvalue weighted by Gasteiger charge is -2.12. The minimum absolute atomic E-state index is 0.0978. The van der Waals surface area contributed by atoms with Gasteiger partial charge in [0.1, 0.15) is 11.6 Å². The van der Waals surface area contributed by atoms with Gasteiger partial charge in [-0.05, 0) is 49.6 Å². The molecule has 0 unspecified atom stereocenters. The molecule has 0 aliphatic heterocycles. The highest BCUT2D eigenvalue weighted by molar-refractivity contribution is 6.30. The van der Waals surface area contributed by atoms with Crippen LogP contribution in [-0.4, -0.2) is 20.7 Å². The van der Waals surface area contributed by atoms with Crippen LogP contribution in [0.5, 0.6) is 0 Å². The predicted molar refractivity (Wildman–Crippen MR) is 117 cm³/mol. The van der Waals surface area contributed by atoms with Gasteiger partial charge in [-0.15, -0.1) is 0 Å². The Kier molecular flexibility index (Phi) is 6.93. The molecule has 160 valence electrons. The van der Waals surface area contributed by atoms with Gasteiger partial charge < -0.3 is 13.8 Å². The smallest absolute Gasteiger partial charge is 0.349 e. The number of nitrogens with zero attached hydrogens (tertiary/aromatic N) is 4. The minimum Gasteiger partial charge on any atom is -0.451 e. The Morgan fingerprint density at radius 1 is 1.35 bits per heavy atom. The summed E-state index contributed by atoms with van der Waals surface area (Å²) in [5.74, 6) is 0.185. The first kappa shape index (κ1) is 22.3. The summed E-state index contributed by atoms with van der Waals surface area (Å²) in [5, 5.41) is 13.9. The fourth-order valence-corrected chi connectivity index (χ4v) is 3.37. The third-order valence-electron chi connectivity index (χ3n) is 4.68. The molecule has 31 heavy (non-hydrogen) atoms. The third kappa shape index (κ3) is 5.41. The number of aromatic nitrogens is 3. The summed E-state index contributed by atoms with van der Waals surface area (Å²) in [7, 11) is 0. The minimum atomic E-state index is -0.751. The Labute approximate surface area is 185 Å². The number of carbonyl (C=O) groups is 1. The second kappa shape index (κ2) is 9.63. The van der Waals surface area contributed by atoms with Crippen LogP contribution >= 0.6 is 11.6 Å². The lowest BCUT2D eigenvalue weighted by molar-refractivity contribution is -0.140. The molecule has 0 bridgehead atoms. The van der Waals surface area contributed by atoms with Crippen molar-refractivity contribution in [2.45, 2.75) is 40.8 Å². The Balaban J connectivity index is 1.71. The van der Waals surface area contributed by atoms with E-state index in [0.717, 1.165) is 23.5 Å². The van der Waals surface area contributed by atoms with Gasteiger partial charge in [0.25, 0.3) is 5.89 Å². The Morgan fingerprint density at radius 3 is 2.81 bits per heavy atom. The van der Waals surface area contributed by atoms with Crippen molar-refractivity contribution in [3.05, 3.63) is 63.8 Å². The van der Waals surface area contributed by atoms with E-state index in [0.29, 0.717) is 22.3 Å². The van der Waals surface area contributed by atoms with Gasteiger partial charge in [0.05, 0.1) is 0 Å². The number of esters is 1. The number of hydrogen-bond donors (Lipinski definition) is 0. The van der Waals surface area contributed by atoms with Crippen LogP contribution < -0.4 is 0 Å². The molecule has 0 aliphatic rings. The average Bonchev–Trinajstić information content (AvgIpc) is 3.30. The monoisotopic (exact) mass is 438 g/mol. The normalized spacial score (nSPS) is 11.6. The van der Waals surface area contributed by atoms with Gasteiger partial charge in [-0.3, -0.25) is 0 Å². The summed E-state index contributed by atoms with van der Waals surface area (Å²) in [6.07, 6.45) is 1.55. The van der Waals surface area contributed by atoms with E-state index in [1.807, 2.05) is 26.0 Å². The zero-order valence-electron chi connectivity index (χ0n) is 17.8. The number of hydrogen-bond acceptors (Lipinski definition) is 6. The SMILES string of the molecule is Cc1cc(/C=C(\C#N)C(=O)OCc2nc(-c3cccc(Cl)c3)no2)c(C)n1CC(C)C. The first-order valence-electron chi connectivity index (χ1n) is 9.82. The quantitative estimate of drug-likeness (QED) is 0.289. The molecule has 2 heterocycles. The van der Waals surface area contributed by atoms with E-state index in [9.17, 15) is 10.1 Å². The zero-order valence-corrected chi connectivity index (χ0v) is 18.6. The number of halogens is 1. The van der Waals surface area contributed by atoms with Crippen molar-refractivity contribution >= 4 is 23.6 Å². The number of carbonyl (C=O) groups excluding carboxylic acids is 1. The maximum atomic E-state index is 12.4. The Hall–Kier alpha value is -3.37. The highest BCUT2D eigenvalue weighted by atomic mass is 35.5. The Morgan fingerprint density at radius 2 is 2.13 bits per heavy atom. The van der Waals surface area contributed by atoms with Crippen LogP contribution in [0.2, 0.25) is 5.02 Å². The van der Waals surface area contributed by atoms with Crippen molar-refractivity contribution in [3.63, 3.8) is 0 Å². The van der Waals surface area contributed by atoms with Crippen LogP contribution in [0.25, 0.3) is 17.5 Å². The first-order chi connectivity index (χ1) is 14.8. The summed E-state index contributed by atoms with van der Waals surface area (Å²) in [6, 6.07) is 10.9. The molecule has 8 heteroatoms. The molecule has 3 aromatic rings. The van der Waals surface area contributed by atoms with Crippen molar-refractivity contribution in [1.29, 1.82) is 5.26 Å². The fourth-order valence-electron chi connectivity index (χ4n) is 3.18.